The molecule has 0 saturated heterocycles. The molecule has 0 aliphatic heterocycles. The van der Waals surface area contributed by atoms with Crippen LogP contribution in [0.2, 0.25) is 0 Å². The summed E-state index contributed by atoms with van der Waals surface area (Å²) in [6.07, 6.45) is -1.07. The molecule has 1 aromatic rings. The van der Waals surface area contributed by atoms with Gasteiger partial charge in [-0.15, -0.1) is 0 Å². The molecule has 3 N–H and O–H groups in total. The molecule has 1 atom stereocenters. The average Bonchev–Trinajstić information content (AvgIpc) is 2.33. The van der Waals surface area contributed by atoms with Crippen molar-refractivity contribution in [1.29, 1.82) is 0 Å². The number of halogens is 2. The van der Waals surface area contributed by atoms with Crippen molar-refractivity contribution >= 4 is 15.9 Å². The topological polar surface area (TPSA) is 98.5 Å². The predicted octanol–water partition coefficient (Wildman–Crippen LogP) is 0.516. The van der Waals surface area contributed by atoms with E-state index in [2.05, 4.69) is 5.32 Å². The number of likely N-dealkylation sites (N-methyl/N-ethyl adjacent to an activating group) is 1. The molecule has 0 aliphatic rings. The van der Waals surface area contributed by atoms with E-state index in [9.17, 15) is 22.0 Å². The van der Waals surface area contributed by atoms with Crippen LogP contribution < -0.4 is 15.2 Å². The molecule has 0 aliphatic carbocycles. The third kappa shape index (κ3) is 3.64. The molecule has 20 heavy (non-hydrogen) atoms. The van der Waals surface area contributed by atoms with Crippen molar-refractivity contribution in [2.75, 3.05) is 6.54 Å². The highest BCUT2D eigenvalue weighted by Crippen LogP contribution is 2.25. The minimum atomic E-state index is -4.38. The van der Waals surface area contributed by atoms with Gasteiger partial charge < -0.3 is 10.1 Å². The van der Waals surface area contributed by atoms with Crippen LogP contribution in [0.4, 0.5) is 8.78 Å². The number of ether oxygens (including phenoxy) is 1. The van der Waals surface area contributed by atoms with Gasteiger partial charge in [0.25, 0.3) is 5.91 Å². The van der Waals surface area contributed by atoms with E-state index in [4.69, 9.17) is 9.88 Å². The van der Waals surface area contributed by atoms with Gasteiger partial charge in [0.1, 0.15) is 4.90 Å². The molecule has 1 amide bonds. The first-order chi connectivity index (χ1) is 9.18. The van der Waals surface area contributed by atoms with Crippen molar-refractivity contribution in [3.05, 3.63) is 23.8 Å². The standard InChI is InChI=1S/C11H14F2N2O4S/c1-3-15-11(16)6(2)19-7-4-5-8(20(14,17)18)10(13)9(7)12/h4-6H,3H2,1-2H3,(H,15,16)(H2,14,17,18). The molecule has 1 aromatic carbocycles. The number of primary sulfonamides is 1. The highest BCUT2D eigenvalue weighted by atomic mass is 32.2. The van der Waals surface area contributed by atoms with Crippen molar-refractivity contribution in [2.45, 2.75) is 24.8 Å². The van der Waals surface area contributed by atoms with Crippen LogP contribution in [0.1, 0.15) is 13.8 Å². The maximum Gasteiger partial charge on any atom is 0.260 e. The van der Waals surface area contributed by atoms with Crippen molar-refractivity contribution in [3.63, 3.8) is 0 Å². The number of amides is 1. The number of hydrogen-bond donors (Lipinski definition) is 2. The minimum Gasteiger partial charge on any atom is -0.478 e. The first-order valence-electron chi connectivity index (χ1n) is 5.63. The second-order valence-corrected chi connectivity index (χ2v) is 5.42. The zero-order chi connectivity index (χ0) is 15.5. The molecular formula is C11H14F2N2O4S. The Morgan fingerprint density at radius 2 is 2.00 bits per heavy atom. The molecule has 0 saturated carbocycles. The smallest absolute Gasteiger partial charge is 0.260 e. The van der Waals surface area contributed by atoms with Crippen LogP contribution in [0.25, 0.3) is 0 Å². The Morgan fingerprint density at radius 3 is 2.50 bits per heavy atom. The maximum atomic E-state index is 13.7. The molecule has 0 heterocycles. The van der Waals surface area contributed by atoms with Crippen LogP contribution in [-0.4, -0.2) is 27.0 Å². The zero-order valence-corrected chi connectivity index (χ0v) is 11.6. The summed E-state index contributed by atoms with van der Waals surface area (Å²) in [6.45, 7) is 3.38. The first kappa shape index (κ1) is 16.3. The minimum absolute atomic E-state index is 0.355. The number of sulfonamides is 1. The van der Waals surface area contributed by atoms with Gasteiger partial charge in [0.05, 0.1) is 0 Å². The summed E-state index contributed by atoms with van der Waals surface area (Å²) < 4.78 is 54.1. The van der Waals surface area contributed by atoms with Crippen LogP contribution in [0.15, 0.2) is 17.0 Å². The van der Waals surface area contributed by atoms with E-state index in [-0.39, 0.29) is 0 Å². The van der Waals surface area contributed by atoms with E-state index in [1.54, 1.807) is 6.92 Å². The average molecular weight is 308 g/mol. The normalized spacial score (nSPS) is 12.8. The summed E-state index contributed by atoms with van der Waals surface area (Å²) in [6, 6.07) is 1.67. The maximum absolute atomic E-state index is 13.7. The molecule has 1 rings (SSSR count). The molecule has 0 bridgehead atoms. The molecule has 6 nitrogen and oxygen atoms in total. The molecule has 1 unspecified atom stereocenters. The van der Waals surface area contributed by atoms with Gasteiger partial charge in [-0.05, 0) is 26.0 Å². The Kier molecular flexibility index (Phi) is 5.01. The second kappa shape index (κ2) is 6.14. The number of benzene rings is 1. The van der Waals surface area contributed by atoms with Gasteiger partial charge >= 0.3 is 0 Å². The fraction of sp³-hybridized carbons (Fsp3) is 0.364. The molecular weight excluding hydrogens is 294 g/mol. The van der Waals surface area contributed by atoms with Gasteiger partial charge in [0, 0.05) is 6.54 Å². The Morgan fingerprint density at radius 1 is 1.40 bits per heavy atom. The van der Waals surface area contributed by atoms with Gasteiger partial charge in [-0.3, -0.25) is 4.79 Å². The third-order valence-corrected chi connectivity index (χ3v) is 3.27. The van der Waals surface area contributed by atoms with E-state index in [0.29, 0.717) is 6.54 Å². The van der Waals surface area contributed by atoms with Crippen molar-refractivity contribution < 1.29 is 26.7 Å². The lowest BCUT2D eigenvalue weighted by atomic mass is 10.3. The lowest BCUT2D eigenvalue weighted by Gasteiger charge is -2.15. The van der Waals surface area contributed by atoms with Crippen molar-refractivity contribution in [1.82, 2.24) is 5.32 Å². The Balaban J connectivity index is 3.06. The molecule has 9 heteroatoms. The Labute approximate surface area is 115 Å². The van der Waals surface area contributed by atoms with E-state index in [1.807, 2.05) is 0 Å². The molecule has 0 radical (unpaired) electrons. The molecule has 0 spiro atoms. The number of nitrogens with one attached hydrogen (secondary N) is 1. The van der Waals surface area contributed by atoms with E-state index in [0.717, 1.165) is 12.1 Å². The summed E-state index contributed by atoms with van der Waals surface area (Å²) >= 11 is 0. The lowest BCUT2D eigenvalue weighted by molar-refractivity contribution is -0.127. The van der Waals surface area contributed by atoms with E-state index >= 15 is 0 Å². The molecule has 0 fully saturated rings. The van der Waals surface area contributed by atoms with Gasteiger partial charge in [0.2, 0.25) is 15.8 Å². The summed E-state index contributed by atoms with van der Waals surface area (Å²) in [4.78, 5) is 10.4. The number of carbonyl (C=O) groups excluding carboxylic acids is 1. The molecule has 112 valence electrons. The number of rotatable bonds is 5. The largest absolute Gasteiger partial charge is 0.478 e. The summed E-state index contributed by atoms with van der Waals surface area (Å²) in [7, 11) is -4.38. The molecule has 0 aromatic heterocycles. The predicted molar refractivity (Wildman–Crippen MR) is 66.5 cm³/mol. The van der Waals surface area contributed by atoms with Crippen LogP contribution >= 0.6 is 0 Å². The second-order valence-electron chi connectivity index (χ2n) is 3.89. The summed E-state index contributed by atoms with van der Waals surface area (Å²) in [5, 5.41) is 7.17. The van der Waals surface area contributed by atoms with Gasteiger partial charge in [-0.25, -0.2) is 17.9 Å². The zero-order valence-electron chi connectivity index (χ0n) is 10.8. The Hall–Kier alpha value is -1.74. The van der Waals surface area contributed by atoms with Crippen LogP contribution in [0, 0.1) is 11.6 Å². The first-order valence-corrected chi connectivity index (χ1v) is 7.18. The van der Waals surface area contributed by atoms with Gasteiger partial charge in [-0.1, -0.05) is 0 Å². The SMILES string of the molecule is CCNC(=O)C(C)Oc1ccc(S(N)(=O)=O)c(F)c1F. The lowest BCUT2D eigenvalue weighted by Crippen LogP contribution is -2.36. The quantitative estimate of drug-likeness (QED) is 0.828. The van der Waals surface area contributed by atoms with Crippen molar-refractivity contribution in [2.24, 2.45) is 5.14 Å². The summed E-state index contributed by atoms with van der Waals surface area (Å²) in [5.74, 6) is -4.25. The third-order valence-electron chi connectivity index (χ3n) is 2.34. The van der Waals surface area contributed by atoms with Crippen LogP contribution in [0.3, 0.4) is 0 Å². The fourth-order valence-corrected chi connectivity index (χ4v) is 1.98. The van der Waals surface area contributed by atoms with Crippen LogP contribution in [0.5, 0.6) is 5.75 Å². The van der Waals surface area contributed by atoms with E-state index < -0.39 is 44.3 Å². The van der Waals surface area contributed by atoms with E-state index in [1.165, 1.54) is 6.92 Å². The van der Waals surface area contributed by atoms with Crippen LogP contribution in [-0.2, 0) is 14.8 Å². The van der Waals surface area contributed by atoms with Gasteiger partial charge in [-0.2, -0.15) is 4.39 Å². The number of nitrogens with two attached hydrogens (primary N) is 1. The Bertz CT molecular complexity index is 619. The number of hydrogen-bond acceptors (Lipinski definition) is 4. The monoisotopic (exact) mass is 308 g/mol. The highest BCUT2D eigenvalue weighted by molar-refractivity contribution is 7.89. The highest BCUT2D eigenvalue weighted by Gasteiger charge is 2.23. The fourth-order valence-electron chi connectivity index (χ4n) is 1.39. The van der Waals surface area contributed by atoms with Crippen molar-refractivity contribution in [3.8, 4) is 5.75 Å². The summed E-state index contributed by atoms with van der Waals surface area (Å²) in [5.41, 5.74) is 0. The number of carbonyl (C=O) groups is 1. The van der Waals surface area contributed by atoms with Gasteiger partial charge in [0.15, 0.2) is 17.7 Å².